The Morgan fingerprint density at radius 3 is 2.06 bits per heavy atom. The van der Waals surface area contributed by atoms with Gasteiger partial charge in [-0.25, -0.2) is 4.79 Å². The number of aliphatic carboxylic acids is 1. The van der Waals surface area contributed by atoms with E-state index >= 15 is 0 Å². The minimum Gasteiger partial charge on any atom is -0.478 e. The van der Waals surface area contributed by atoms with Gasteiger partial charge in [-0.2, -0.15) is 13.2 Å². The van der Waals surface area contributed by atoms with Crippen molar-refractivity contribution >= 4 is 35.2 Å². The molecule has 0 spiro atoms. The minimum absolute atomic E-state index is 0.0312. The van der Waals surface area contributed by atoms with E-state index in [9.17, 15) is 18.0 Å². The third kappa shape index (κ3) is 3.64. The van der Waals surface area contributed by atoms with Gasteiger partial charge in [0, 0.05) is 21.7 Å². The maximum Gasteiger partial charge on any atom is 0.416 e. The SMILES string of the molecule is O=C(O)C=Cc1c(Cl)cc(C(F)(F)F)cc1Cl. The Morgan fingerprint density at radius 2 is 1.71 bits per heavy atom. The van der Waals surface area contributed by atoms with Crippen LogP contribution in [0.15, 0.2) is 18.2 Å². The molecule has 0 aliphatic rings. The van der Waals surface area contributed by atoms with Crippen LogP contribution in [0.3, 0.4) is 0 Å². The quantitative estimate of drug-likeness (QED) is 0.830. The molecular weight excluding hydrogens is 280 g/mol. The van der Waals surface area contributed by atoms with Crippen molar-refractivity contribution in [3.63, 3.8) is 0 Å². The summed E-state index contributed by atoms with van der Waals surface area (Å²) in [6.07, 6.45) is -2.78. The van der Waals surface area contributed by atoms with Crippen LogP contribution in [0.2, 0.25) is 10.0 Å². The van der Waals surface area contributed by atoms with Crippen LogP contribution in [-0.2, 0) is 11.0 Å². The maximum absolute atomic E-state index is 12.4. The summed E-state index contributed by atoms with van der Waals surface area (Å²) >= 11 is 11.2. The second-order valence-electron chi connectivity index (χ2n) is 3.02. The molecule has 0 aliphatic heterocycles. The molecule has 0 heterocycles. The van der Waals surface area contributed by atoms with Crippen molar-refractivity contribution in [3.8, 4) is 0 Å². The lowest BCUT2D eigenvalue weighted by atomic mass is 10.1. The van der Waals surface area contributed by atoms with Crippen molar-refractivity contribution in [3.05, 3.63) is 39.4 Å². The molecule has 1 aromatic carbocycles. The van der Waals surface area contributed by atoms with Crippen molar-refractivity contribution in [2.45, 2.75) is 6.18 Å². The first kappa shape index (κ1) is 13.9. The molecule has 17 heavy (non-hydrogen) atoms. The van der Waals surface area contributed by atoms with Crippen molar-refractivity contribution in [2.75, 3.05) is 0 Å². The van der Waals surface area contributed by atoms with Crippen LogP contribution < -0.4 is 0 Å². The van der Waals surface area contributed by atoms with Crippen molar-refractivity contribution in [1.29, 1.82) is 0 Å². The van der Waals surface area contributed by atoms with E-state index in [1.807, 2.05) is 0 Å². The molecule has 7 heteroatoms. The van der Waals surface area contributed by atoms with Gasteiger partial charge in [0.2, 0.25) is 0 Å². The summed E-state index contributed by atoms with van der Waals surface area (Å²) in [6.45, 7) is 0. The fourth-order valence-corrected chi connectivity index (χ4v) is 1.67. The highest BCUT2D eigenvalue weighted by atomic mass is 35.5. The summed E-state index contributed by atoms with van der Waals surface area (Å²) in [5, 5.41) is 7.86. The number of alkyl halides is 3. The minimum atomic E-state index is -4.55. The lowest BCUT2D eigenvalue weighted by molar-refractivity contribution is -0.137. The molecular formula is C10H5Cl2F3O2. The molecule has 92 valence electrons. The molecule has 1 N–H and O–H groups in total. The van der Waals surface area contributed by atoms with Gasteiger partial charge in [0.1, 0.15) is 0 Å². The largest absolute Gasteiger partial charge is 0.478 e. The first-order chi connectivity index (χ1) is 7.71. The molecule has 0 saturated heterocycles. The number of hydrogen-bond donors (Lipinski definition) is 1. The van der Waals surface area contributed by atoms with E-state index in [4.69, 9.17) is 28.3 Å². The lowest BCUT2D eigenvalue weighted by Gasteiger charge is -2.09. The Bertz CT molecular complexity index is 458. The van der Waals surface area contributed by atoms with Crippen LogP contribution in [0.5, 0.6) is 0 Å². The van der Waals surface area contributed by atoms with Gasteiger partial charge in [-0.05, 0) is 18.2 Å². The van der Waals surface area contributed by atoms with E-state index < -0.39 is 17.7 Å². The average Bonchev–Trinajstić information content (AvgIpc) is 2.14. The van der Waals surface area contributed by atoms with Crippen LogP contribution in [0.25, 0.3) is 6.08 Å². The summed E-state index contributed by atoms with van der Waals surface area (Å²) in [5.41, 5.74) is -0.955. The summed E-state index contributed by atoms with van der Waals surface area (Å²) in [6, 6.07) is 1.38. The smallest absolute Gasteiger partial charge is 0.416 e. The highest BCUT2D eigenvalue weighted by molar-refractivity contribution is 6.37. The van der Waals surface area contributed by atoms with Crippen LogP contribution in [0, 0.1) is 0 Å². The van der Waals surface area contributed by atoms with E-state index in [0.717, 1.165) is 12.2 Å². The van der Waals surface area contributed by atoms with E-state index in [1.54, 1.807) is 0 Å². The molecule has 0 unspecified atom stereocenters. The molecule has 0 aromatic heterocycles. The zero-order chi connectivity index (χ0) is 13.2. The molecule has 0 atom stereocenters. The number of rotatable bonds is 2. The number of carbonyl (C=O) groups is 1. The molecule has 0 bridgehead atoms. The standard InChI is InChI=1S/C10H5Cl2F3O2/c11-7-3-5(10(13,14)15)4-8(12)6(7)1-2-9(16)17/h1-4H,(H,16,17). The predicted octanol–water partition coefficient (Wildman–Crippen LogP) is 4.11. The molecule has 0 amide bonds. The van der Waals surface area contributed by atoms with Gasteiger partial charge in [0.25, 0.3) is 0 Å². The second kappa shape index (κ2) is 4.98. The Hall–Kier alpha value is -1.20. The van der Waals surface area contributed by atoms with Gasteiger partial charge >= 0.3 is 12.1 Å². The van der Waals surface area contributed by atoms with E-state index in [1.165, 1.54) is 0 Å². The number of halogens is 5. The van der Waals surface area contributed by atoms with Crippen LogP contribution in [0.4, 0.5) is 13.2 Å². The van der Waals surface area contributed by atoms with Crippen molar-refractivity contribution in [1.82, 2.24) is 0 Å². The highest BCUT2D eigenvalue weighted by Crippen LogP contribution is 2.36. The first-order valence-electron chi connectivity index (χ1n) is 4.19. The second-order valence-corrected chi connectivity index (χ2v) is 3.84. The Balaban J connectivity index is 3.25. The monoisotopic (exact) mass is 284 g/mol. The fourth-order valence-electron chi connectivity index (χ4n) is 1.06. The van der Waals surface area contributed by atoms with Crippen LogP contribution in [0.1, 0.15) is 11.1 Å². The van der Waals surface area contributed by atoms with E-state index in [2.05, 4.69) is 0 Å². The zero-order valence-corrected chi connectivity index (χ0v) is 9.57. The van der Waals surface area contributed by atoms with Crippen LogP contribution >= 0.6 is 23.2 Å². The van der Waals surface area contributed by atoms with Gasteiger partial charge in [-0.3, -0.25) is 0 Å². The summed E-state index contributed by atoms with van der Waals surface area (Å²) < 4.78 is 37.1. The van der Waals surface area contributed by atoms with Crippen LogP contribution in [-0.4, -0.2) is 11.1 Å². The van der Waals surface area contributed by atoms with Crippen molar-refractivity contribution < 1.29 is 23.1 Å². The summed E-state index contributed by atoms with van der Waals surface area (Å²) in [5.74, 6) is -1.25. The normalized spacial score (nSPS) is 12.1. The molecule has 1 rings (SSSR count). The van der Waals surface area contributed by atoms with Crippen molar-refractivity contribution in [2.24, 2.45) is 0 Å². The van der Waals surface area contributed by atoms with Gasteiger partial charge < -0.3 is 5.11 Å². The Labute approximate surface area is 104 Å². The number of carboxylic acid groups (broad SMARTS) is 1. The third-order valence-electron chi connectivity index (χ3n) is 1.80. The lowest BCUT2D eigenvalue weighted by Crippen LogP contribution is -2.05. The number of carboxylic acids is 1. The summed E-state index contributed by atoms with van der Waals surface area (Å²) in [4.78, 5) is 10.3. The zero-order valence-electron chi connectivity index (χ0n) is 8.05. The topological polar surface area (TPSA) is 37.3 Å². The summed E-state index contributed by atoms with van der Waals surface area (Å²) in [7, 11) is 0. The maximum atomic E-state index is 12.4. The Morgan fingerprint density at radius 1 is 1.24 bits per heavy atom. The van der Waals surface area contributed by atoms with E-state index in [0.29, 0.717) is 12.1 Å². The number of benzene rings is 1. The first-order valence-corrected chi connectivity index (χ1v) is 4.94. The Kier molecular flexibility index (Phi) is 4.06. The molecule has 2 nitrogen and oxygen atoms in total. The number of hydrogen-bond acceptors (Lipinski definition) is 1. The highest BCUT2D eigenvalue weighted by Gasteiger charge is 2.31. The van der Waals surface area contributed by atoms with Gasteiger partial charge in [-0.1, -0.05) is 23.2 Å². The molecule has 0 saturated carbocycles. The molecule has 0 radical (unpaired) electrons. The molecule has 1 aromatic rings. The van der Waals surface area contributed by atoms with Gasteiger partial charge in [0.05, 0.1) is 5.56 Å². The average molecular weight is 285 g/mol. The fraction of sp³-hybridized carbons (Fsp3) is 0.100. The molecule has 0 aliphatic carbocycles. The third-order valence-corrected chi connectivity index (χ3v) is 2.42. The molecule has 0 fully saturated rings. The van der Waals surface area contributed by atoms with E-state index in [-0.39, 0.29) is 15.6 Å². The van der Waals surface area contributed by atoms with Gasteiger partial charge in [-0.15, -0.1) is 0 Å². The predicted molar refractivity (Wildman–Crippen MR) is 58.1 cm³/mol. The van der Waals surface area contributed by atoms with Gasteiger partial charge in [0.15, 0.2) is 0 Å².